The fourth-order valence-electron chi connectivity index (χ4n) is 2.30. The Balaban J connectivity index is 2.02. The van der Waals surface area contributed by atoms with Gasteiger partial charge in [-0.2, -0.15) is 0 Å². The van der Waals surface area contributed by atoms with Crippen molar-refractivity contribution in [1.82, 2.24) is 14.4 Å². The van der Waals surface area contributed by atoms with E-state index in [0.717, 1.165) is 0 Å². The number of anilines is 1. The molecule has 18 heavy (non-hydrogen) atoms. The lowest BCUT2D eigenvalue weighted by Crippen LogP contribution is -2.14. The second-order valence-electron chi connectivity index (χ2n) is 4.35. The third-order valence-corrected chi connectivity index (χ3v) is 3.17. The maximum Gasteiger partial charge on any atom is 0.180 e. The monoisotopic (exact) mass is 250 g/mol. The number of nitrogens with two attached hydrogens (primary N) is 1. The first-order valence-corrected chi connectivity index (χ1v) is 5.72. The lowest BCUT2D eigenvalue weighted by Gasteiger charge is -2.14. The number of aliphatic hydroxyl groups is 2. The Labute approximate surface area is 103 Å². The van der Waals surface area contributed by atoms with Crippen molar-refractivity contribution in [3.8, 4) is 0 Å². The van der Waals surface area contributed by atoms with Crippen LogP contribution in [0, 0.1) is 0 Å². The van der Waals surface area contributed by atoms with Crippen LogP contribution >= 0.6 is 0 Å². The molecule has 3 heterocycles. The van der Waals surface area contributed by atoms with E-state index in [1.54, 1.807) is 23.0 Å². The summed E-state index contributed by atoms with van der Waals surface area (Å²) >= 11 is 0. The molecule has 3 atom stereocenters. The number of hydrogen-bond acceptors (Lipinski definition) is 6. The van der Waals surface area contributed by atoms with E-state index in [1.807, 2.05) is 0 Å². The van der Waals surface area contributed by atoms with Gasteiger partial charge in [0.2, 0.25) is 0 Å². The summed E-state index contributed by atoms with van der Waals surface area (Å²) in [5.41, 5.74) is 6.97. The highest BCUT2D eigenvalue weighted by Crippen LogP contribution is 2.33. The number of nitrogen functional groups attached to an aromatic ring is 1. The van der Waals surface area contributed by atoms with Crippen molar-refractivity contribution in [3.05, 3.63) is 24.3 Å². The van der Waals surface area contributed by atoms with Gasteiger partial charge in [-0.05, 0) is 0 Å². The minimum atomic E-state index is -0.656. The molecule has 1 saturated heterocycles. The van der Waals surface area contributed by atoms with Crippen LogP contribution in [0.1, 0.15) is 18.2 Å². The van der Waals surface area contributed by atoms with Crippen LogP contribution in [-0.4, -0.2) is 43.4 Å². The Bertz CT molecular complexity index is 570. The van der Waals surface area contributed by atoms with Gasteiger partial charge in [-0.25, -0.2) is 9.97 Å². The van der Waals surface area contributed by atoms with Crippen LogP contribution in [0.3, 0.4) is 0 Å². The lowest BCUT2D eigenvalue weighted by atomic mass is 10.1. The molecule has 7 nitrogen and oxygen atoms in total. The van der Waals surface area contributed by atoms with Crippen LogP contribution in [-0.2, 0) is 4.74 Å². The summed E-state index contributed by atoms with van der Waals surface area (Å²) in [4.78, 5) is 8.12. The summed E-state index contributed by atoms with van der Waals surface area (Å²) in [7, 11) is 0. The molecule has 1 unspecified atom stereocenters. The summed E-state index contributed by atoms with van der Waals surface area (Å²) < 4.78 is 7.34. The van der Waals surface area contributed by atoms with Gasteiger partial charge >= 0.3 is 0 Å². The summed E-state index contributed by atoms with van der Waals surface area (Å²) in [5.74, 6) is 0.329. The Morgan fingerprint density at radius 3 is 3.06 bits per heavy atom. The van der Waals surface area contributed by atoms with Crippen molar-refractivity contribution < 1.29 is 14.9 Å². The normalized spacial score (nSPS) is 28.0. The highest BCUT2D eigenvalue weighted by Gasteiger charge is 2.36. The van der Waals surface area contributed by atoms with Gasteiger partial charge in [-0.3, -0.25) is 4.40 Å². The van der Waals surface area contributed by atoms with Crippen LogP contribution in [0.2, 0.25) is 0 Å². The summed E-state index contributed by atoms with van der Waals surface area (Å²) in [6.07, 6.45) is 3.81. The molecule has 7 heteroatoms. The van der Waals surface area contributed by atoms with E-state index in [1.165, 1.54) is 0 Å². The molecule has 1 fully saturated rings. The number of fused-ring (bicyclic) bond motifs is 1. The first-order valence-electron chi connectivity index (χ1n) is 5.72. The molecular formula is C11H14N4O3. The predicted octanol–water partition coefficient (Wildman–Crippen LogP) is -0.505. The van der Waals surface area contributed by atoms with Gasteiger partial charge in [0.05, 0.1) is 30.7 Å². The molecule has 2 aromatic rings. The number of aromatic nitrogens is 3. The molecule has 0 amide bonds. The minimum Gasteiger partial charge on any atom is -0.394 e. The van der Waals surface area contributed by atoms with E-state index in [9.17, 15) is 5.11 Å². The molecule has 0 bridgehead atoms. The van der Waals surface area contributed by atoms with Crippen molar-refractivity contribution in [1.29, 1.82) is 0 Å². The maximum absolute atomic E-state index is 9.97. The number of hydrogen-bond donors (Lipinski definition) is 3. The Hall–Kier alpha value is -1.70. The van der Waals surface area contributed by atoms with E-state index in [0.29, 0.717) is 23.6 Å². The maximum atomic E-state index is 9.97. The Kier molecular flexibility index (Phi) is 2.66. The van der Waals surface area contributed by atoms with Gasteiger partial charge in [0.25, 0.3) is 0 Å². The van der Waals surface area contributed by atoms with E-state index >= 15 is 0 Å². The standard InChI is InChI=1S/C11H14N4O3/c12-10-11-14-4-7(15(11)2-1-13-10)9-8(17)3-6(5-16)18-9/h1-2,4,6,8-9,16-17H,3,5H2,(H2,12,13)/t6-,8?,9-/m0/s1. The molecule has 2 aromatic heterocycles. The first-order chi connectivity index (χ1) is 8.70. The van der Waals surface area contributed by atoms with Gasteiger partial charge in [-0.1, -0.05) is 0 Å². The largest absolute Gasteiger partial charge is 0.394 e. The average Bonchev–Trinajstić information content (AvgIpc) is 2.93. The van der Waals surface area contributed by atoms with Crippen LogP contribution in [0.15, 0.2) is 18.6 Å². The third kappa shape index (κ3) is 1.64. The molecule has 1 aliphatic rings. The predicted molar refractivity (Wildman–Crippen MR) is 62.7 cm³/mol. The lowest BCUT2D eigenvalue weighted by molar-refractivity contribution is -0.0132. The quantitative estimate of drug-likeness (QED) is 0.663. The fourth-order valence-corrected chi connectivity index (χ4v) is 2.30. The Morgan fingerprint density at radius 1 is 1.50 bits per heavy atom. The molecule has 3 rings (SSSR count). The van der Waals surface area contributed by atoms with Crippen molar-refractivity contribution >= 4 is 11.5 Å². The minimum absolute atomic E-state index is 0.103. The third-order valence-electron chi connectivity index (χ3n) is 3.17. The van der Waals surface area contributed by atoms with Gasteiger partial charge in [0, 0.05) is 18.8 Å². The van der Waals surface area contributed by atoms with Gasteiger partial charge in [0.15, 0.2) is 11.5 Å². The number of nitrogens with zero attached hydrogens (tertiary/aromatic N) is 3. The fraction of sp³-hybridized carbons (Fsp3) is 0.455. The molecule has 0 radical (unpaired) electrons. The van der Waals surface area contributed by atoms with E-state index < -0.39 is 12.2 Å². The van der Waals surface area contributed by atoms with Gasteiger partial charge in [-0.15, -0.1) is 0 Å². The topological polar surface area (TPSA) is 106 Å². The molecule has 0 saturated carbocycles. The second-order valence-corrected chi connectivity index (χ2v) is 4.35. The zero-order chi connectivity index (χ0) is 12.7. The highest BCUT2D eigenvalue weighted by molar-refractivity contribution is 5.59. The number of ether oxygens (including phenoxy) is 1. The highest BCUT2D eigenvalue weighted by atomic mass is 16.5. The molecular weight excluding hydrogens is 236 g/mol. The SMILES string of the molecule is Nc1nccn2c([C@@H]3O[C@H](CO)CC3O)cnc12. The number of aliphatic hydroxyl groups excluding tert-OH is 2. The second kappa shape index (κ2) is 4.20. The Morgan fingerprint density at radius 2 is 2.33 bits per heavy atom. The van der Waals surface area contributed by atoms with Crippen molar-refractivity contribution in [2.24, 2.45) is 0 Å². The summed E-state index contributed by atoms with van der Waals surface area (Å²) in [5, 5.41) is 19.0. The summed E-state index contributed by atoms with van der Waals surface area (Å²) in [6.45, 7) is -0.103. The number of rotatable bonds is 2. The van der Waals surface area contributed by atoms with E-state index in [4.69, 9.17) is 15.6 Å². The van der Waals surface area contributed by atoms with Crippen molar-refractivity contribution in [2.45, 2.75) is 24.7 Å². The van der Waals surface area contributed by atoms with E-state index in [-0.39, 0.29) is 12.7 Å². The van der Waals surface area contributed by atoms with Crippen LogP contribution in [0.4, 0.5) is 5.82 Å². The van der Waals surface area contributed by atoms with Crippen LogP contribution in [0.5, 0.6) is 0 Å². The summed E-state index contributed by atoms with van der Waals surface area (Å²) in [6, 6.07) is 0. The van der Waals surface area contributed by atoms with Crippen molar-refractivity contribution in [3.63, 3.8) is 0 Å². The van der Waals surface area contributed by atoms with Crippen molar-refractivity contribution in [2.75, 3.05) is 12.3 Å². The molecule has 4 N–H and O–H groups in total. The van der Waals surface area contributed by atoms with Gasteiger partial charge in [0.1, 0.15) is 6.10 Å². The molecule has 96 valence electrons. The molecule has 0 aromatic carbocycles. The molecule has 0 spiro atoms. The first kappa shape index (κ1) is 11.4. The smallest absolute Gasteiger partial charge is 0.180 e. The molecule has 0 aliphatic carbocycles. The molecule has 1 aliphatic heterocycles. The van der Waals surface area contributed by atoms with E-state index in [2.05, 4.69) is 9.97 Å². The average molecular weight is 250 g/mol. The number of imidazole rings is 1. The zero-order valence-corrected chi connectivity index (χ0v) is 9.60. The zero-order valence-electron chi connectivity index (χ0n) is 9.60. The van der Waals surface area contributed by atoms with Gasteiger partial charge < -0.3 is 20.7 Å². The van der Waals surface area contributed by atoms with Crippen LogP contribution in [0.25, 0.3) is 5.65 Å². The van der Waals surface area contributed by atoms with Crippen LogP contribution < -0.4 is 5.73 Å².